The summed E-state index contributed by atoms with van der Waals surface area (Å²) in [5.41, 5.74) is 0.761. The number of aromatic nitrogens is 2. The molecule has 0 fully saturated rings. The van der Waals surface area contributed by atoms with Gasteiger partial charge in [-0.2, -0.15) is 0 Å². The molecule has 25 heavy (non-hydrogen) atoms. The Labute approximate surface area is 144 Å². The fourth-order valence-corrected chi connectivity index (χ4v) is 3.86. The zero-order valence-electron chi connectivity index (χ0n) is 13.3. The molecule has 0 saturated carbocycles. The first kappa shape index (κ1) is 17.2. The number of hydrogen-bond acceptors (Lipinski definition) is 4. The molecule has 1 N–H and O–H groups in total. The van der Waals surface area contributed by atoms with Crippen molar-refractivity contribution in [2.75, 3.05) is 7.05 Å². The van der Waals surface area contributed by atoms with Gasteiger partial charge in [0.15, 0.2) is 0 Å². The molecule has 2 heterocycles. The van der Waals surface area contributed by atoms with E-state index in [9.17, 15) is 17.2 Å². The molecular formula is C17H15F2N3O2S. The first-order valence-corrected chi connectivity index (χ1v) is 8.84. The Balaban J connectivity index is 2.23. The molecule has 3 aromatic rings. The second-order valence-electron chi connectivity index (χ2n) is 5.38. The van der Waals surface area contributed by atoms with Crippen LogP contribution >= 0.6 is 0 Å². The normalized spacial score (nSPS) is 11.6. The van der Waals surface area contributed by atoms with Gasteiger partial charge in [-0.15, -0.1) is 0 Å². The monoisotopic (exact) mass is 363 g/mol. The highest BCUT2D eigenvalue weighted by Crippen LogP contribution is 2.29. The van der Waals surface area contributed by atoms with E-state index in [4.69, 9.17) is 0 Å². The fourth-order valence-electron chi connectivity index (χ4n) is 2.50. The van der Waals surface area contributed by atoms with Crippen LogP contribution in [0.25, 0.3) is 11.3 Å². The van der Waals surface area contributed by atoms with Crippen molar-refractivity contribution in [1.82, 2.24) is 14.3 Å². The summed E-state index contributed by atoms with van der Waals surface area (Å²) in [6, 6.07) is 7.50. The zero-order valence-corrected chi connectivity index (χ0v) is 14.1. The molecule has 0 radical (unpaired) electrons. The van der Waals surface area contributed by atoms with Gasteiger partial charge in [0.25, 0.3) is 10.0 Å². The van der Waals surface area contributed by atoms with Crippen LogP contribution in [0.3, 0.4) is 0 Å². The Morgan fingerprint density at radius 2 is 2.00 bits per heavy atom. The van der Waals surface area contributed by atoms with E-state index < -0.39 is 21.7 Å². The van der Waals surface area contributed by atoms with E-state index in [0.29, 0.717) is 12.1 Å². The number of pyridine rings is 1. The third-order valence-electron chi connectivity index (χ3n) is 3.62. The van der Waals surface area contributed by atoms with Gasteiger partial charge in [0.05, 0.1) is 5.69 Å². The van der Waals surface area contributed by atoms with Gasteiger partial charge in [-0.1, -0.05) is 0 Å². The highest BCUT2D eigenvalue weighted by molar-refractivity contribution is 7.90. The maximum Gasteiger partial charge on any atom is 0.269 e. The van der Waals surface area contributed by atoms with Crippen LogP contribution in [0.5, 0.6) is 0 Å². The Kier molecular flexibility index (Phi) is 4.65. The van der Waals surface area contributed by atoms with Crippen LogP contribution < -0.4 is 5.32 Å². The van der Waals surface area contributed by atoms with Gasteiger partial charge in [-0.3, -0.25) is 4.98 Å². The lowest BCUT2D eigenvalue weighted by atomic mass is 10.1. The van der Waals surface area contributed by atoms with Gasteiger partial charge in [-0.25, -0.2) is 21.2 Å². The lowest BCUT2D eigenvalue weighted by molar-refractivity contribution is 0.583. The Hall–Kier alpha value is -2.58. The Morgan fingerprint density at radius 1 is 1.20 bits per heavy atom. The number of benzene rings is 1. The molecule has 0 atom stereocenters. The van der Waals surface area contributed by atoms with Crippen molar-refractivity contribution < 1.29 is 17.2 Å². The highest BCUT2D eigenvalue weighted by atomic mass is 32.2. The summed E-state index contributed by atoms with van der Waals surface area (Å²) < 4.78 is 54.3. The second kappa shape index (κ2) is 6.73. The van der Waals surface area contributed by atoms with Crippen LogP contribution in [-0.4, -0.2) is 24.4 Å². The Morgan fingerprint density at radius 3 is 2.64 bits per heavy atom. The third kappa shape index (κ3) is 3.31. The minimum Gasteiger partial charge on any atom is -0.316 e. The molecule has 0 aliphatic carbocycles. The summed E-state index contributed by atoms with van der Waals surface area (Å²) in [4.78, 5) is 3.80. The van der Waals surface area contributed by atoms with Gasteiger partial charge in [0.2, 0.25) is 0 Å². The van der Waals surface area contributed by atoms with Crippen LogP contribution in [0.1, 0.15) is 5.56 Å². The highest BCUT2D eigenvalue weighted by Gasteiger charge is 2.23. The van der Waals surface area contributed by atoms with E-state index in [1.54, 1.807) is 13.1 Å². The van der Waals surface area contributed by atoms with E-state index in [1.807, 2.05) is 0 Å². The second-order valence-corrected chi connectivity index (χ2v) is 7.19. The van der Waals surface area contributed by atoms with Gasteiger partial charge < -0.3 is 5.32 Å². The number of nitrogens with one attached hydrogen (secondary N) is 1. The molecule has 0 aliphatic rings. The largest absolute Gasteiger partial charge is 0.316 e. The van der Waals surface area contributed by atoms with Crippen molar-refractivity contribution in [1.29, 1.82) is 0 Å². The van der Waals surface area contributed by atoms with Gasteiger partial charge in [-0.05, 0) is 42.9 Å². The Bertz CT molecular complexity index is 1000. The lowest BCUT2D eigenvalue weighted by Crippen LogP contribution is -2.14. The minimum atomic E-state index is -3.98. The van der Waals surface area contributed by atoms with Crippen LogP contribution in [-0.2, 0) is 16.6 Å². The molecule has 0 spiro atoms. The third-order valence-corrected chi connectivity index (χ3v) is 5.28. The summed E-state index contributed by atoms with van der Waals surface area (Å²) >= 11 is 0. The van der Waals surface area contributed by atoms with E-state index >= 15 is 0 Å². The van der Waals surface area contributed by atoms with E-state index in [1.165, 1.54) is 36.8 Å². The van der Waals surface area contributed by atoms with Crippen LogP contribution in [0.4, 0.5) is 8.78 Å². The molecule has 1 aromatic carbocycles. The molecule has 0 saturated heterocycles. The molecule has 0 aliphatic heterocycles. The fraction of sp³-hybridized carbons (Fsp3) is 0.118. The maximum absolute atomic E-state index is 14.2. The van der Waals surface area contributed by atoms with Crippen LogP contribution in [0.15, 0.2) is 59.9 Å². The summed E-state index contributed by atoms with van der Waals surface area (Å²) in [6.07, 6.45) is 4.09. The van der Waals surface area contributed by atoms with Crippen molar-refractivity contribution in [2.24, 2.45) is 0 Å². The maximum atomic E-state index is 14.2. The smallest absolute Gasteiger partial charge is 0.269 e. The van der Waals surface area contributed by atoms with Crippen molar-refractivity contribution >= 4 is 10.0 Å². The molecule has 2 aromatic heterocycles. The van der Waals surface area contributed by atoms with Crippen molar-refractivity contribution in [3.8, 4) is 11.3 Å². The predicted octanol–water partition coefficient (Wildman–Crippen LogP) is 2.78. The molecule has 8 heteroatoms. The topological polar surface area (TPSA) is 64.0 Å². The minimum absolute atomic E-state index is 0.00350. The average molecular weight is 363 g/mol. The summed E-state index contributed by atoms with van der Waals surface area (Å²) in [5, 5.41) is 2.92. The SMILES string of the molecule is CNCc1cc(-c2ccc(F)cc2F)n(S(=O)(=O)c2cccnc2)c1. The first-order valence-electron chi connectivity index (χ1n) is 7.40. The molecule has 0 amide bonds. The molecule has 0 bridgehead atoms. The standard InChI is InChI=1S/C17H15F2N3O2S/c1-20-9-12-7-17(15-5-4-13(18)8-16(15)19)22(11-12)25(23,24)14-3-2-6-21-10-14/h2-8,10-11,20H,9H2,1H3. The quantitative estimate of drug-likeness (QED) is 0.757. The van der Waals surface area contributed by atoms with Crippen LogP contribution in [0.2, 0.25) is 0 Å². The van der Waals surface area contributed by atoms with Crippen molar-refractivity contribution in [3.05, 3.63) is 72.2 Å². The average Bonchev–Trinajstić information content (AvgIpc) is 3.00. The van der Waals surface area contributed by atoms with Gasteiger partial charge >= 0.3 is 0 Å². The van der Waals surface area contributed by atoms with E-state index in [-0.39, 0.29) is 16.2 Å². The molecule has 5 nitrogen and oxygen atoms in total. The van der Waals surface area contributed by atoms with Crippen molar-refractivity contribution in [3.63, 3.8) is 0 Å². The first-order chi connectivity index (χ1) is 11.9. The van der Waals surface area contributed by atoms with Gasteiger partial charge in [0.1, 0.15) is 16.5 Å². The number of hydrogen-bond donors (Lipinski definition) is 1. The molecule has 0 unspecified atom stereocenters. The van der Waals surface area contributed by atoms with E-state index in [2.05, 4.69) is 10.3 Å². The van der Waals surface area contributed by atoms with Gasteiger partial charge in [0, 0.05) is 36.8 Å². The van der Waals surface area contributed by atoms with Crippen molar-refractivity contribution in [2.45, 2.75) is 11.4 Å². The summed E-state index contributed by atoms with van der Waals surface area (Å²) in [7, 11) is -2.26. The van der Waals surface area contributed by atoms with E-state index in [0.717, 1.165) is 16.1 Å². The zero-order chi connectivity index (χ0) is 18.0. The summed E-state index contributed by atoms with van der Waals surface area (Å²) in [6.45, 7) is 0.394. The number of rotatable bonds is 5. The molecular weight excluding hydrogens is 348 g/mol. The molecule has 3 rings (SSSR count). The number of nitrogens with zero attached hydrogens (tertiary/aromatic N) is 2. The number of halogens is 2. The molecule has 130 valence electrons. The summed E-state index contributed by atoms with van der Waals surface area (Å²) in [5.74, 6) is -1.57. The lowest BCUT2D eigenvalue weighted by Gasteiger charge is -2.11. The van der Waals surface area contributed by atoms with Crippen LogP contribution in [0, 0.1) is 11.6 Å². The predicted molar refractivity (Wildman–Crippen MR) is 89.4 cm³/mol.